The van der Waals surface area contributed by atoms with Gasteiger partial charge in [0.15, 0.2) is 0 Å². The second kappa shape index (κ2) is 8.65. The van der Waals surface area contributed by atoms with Crippen LogP contribution in [0.15, 0.2) is 53.4 Å². The first-order valence-electron chi connectivity index (χ1n) is 7.98. The number of benzene rings is 2. The third-order valence-electron chi connectivity index (χ3n) is 3.67. The highest BCUT2D eigenvalue weighted by molar-refractivity contribution is 7.13. The molecule has 0 aliphatic heterocycles. The normalized spacial score (nSPS) is 11.0. The van der Waals surface area contributed by atoms with E-state index in [0.29, 0.717) is 11.4 Å². The van der Waals surface area contributed by atoms with Crippen LogP contribution in [0.3, 0.4) is 0 Å². The van der Waals surface area contributed by atoms with Crippen molar-refractivity contribution in [1.29, 1.82) is 5.26 Å². The van der Waals surface area contributed by atoms with Gasteiger partial charge < -0.3 is 10.1 Å². The van der Waals surface area contributed by atoms with Crippen molar-refractivity contribution < 1.29 is 13.9 Å². The van der Waals surface area contributed by atoms with Gasteiger partial charge in [-0.25, -0.2) is 9.37 Å². The van der Waals surface area contributed by atoms with Crippen LogP contribution in [-0.4, -0.2) is 18.0 Å². The van der Waals surface area contributed by atoms with Gasteiger partial charge in [-0.1, -0.05) is 23.7 Å². The molecule has 8 heteroatoms. The first kappa shape index (κ1) is 19.5. The standard InChI is InChI=1S/C20H13ClFN3O2S/c1-27-16-4-2-3-12(8-16)20-25-15(11-28-20)7-13(10-23)19(26)24-14-5-6-18(22)17(21)9-14/h2-9,11H,1H3,(H,24,26)/b13-7+. The van der Waals surface area contributed by atoms with Crippen molar-refractivity contribution in [2.45, 2.75) is 0 Å². The molecule has 1 amide bonds. The van der Waals surface area contributed by atoms with Crippen molar-refractivity contribution >= 4 is 40.6 Å². The molecule has 140 valence electrons. The first-order valence-corrected chi connectivity index (χ1v) is 9.24. The zero-order chi connectivity index (χ0) is 20.1. The monoisotopic (exact) mass is 413 g/mol. The van der Waals surface area contributed by atoms with Crippen LogP contribution in [0.1, 0.15) is 5.69 Å². The zero-order valence-electron chi connectivity index (χ0n) is 14.6. The number of aromatic nitrogens is 1. The third-order valence-corrected chi connectivity index (χ3v) is 4.87. The van der Waals surface area contributed by atoms with Crippen molar-refractivity contribution in [3.8, 4) is 22.4 Å². The minimum absolute atomic E-state index is 0.122. The minimum Gasteiger partial charge on any atom is -0.497 e. The number of nitrogens with one attached hydrogen (secondary N) is 1. The Hall–Kier alpha value is -3.21. The largest absolute Gasteiger partial charge is 0.497 e. The van der Waals surface area contributed by atoms with Crippen molar-refractivity contribution in [2.24, 2.45) is 0 Å². The molecule has 1 aromatic heterocycles. The fourth-order valence-electron chi connectivity index (χ4n) is 2.31. The first-order chi connectivity index (χ1) is 13.5. The van der Waals surface area contributed by atoms with E-state index in [1.165, 1.54) is 29.5 Å². The number of carbonyl (C=O) groups is 1. The lowest BCUT2D eigenvalue weighted by Gasteiger charge is -2.04. The fraction of sp³-hybridized carbons (Fsp3) is 0.0500. The van der Waals surface area contributed by atoms with E-state index in [1.54, 1.807) is 12.5 Å². The number of thiazole rings is 1. The average molecular weight is 414 g/mol. The molecule has 3 aromatic rings. The van der Waals surface area contributed by atoms with E-state index in [4.69, 9.17) is 16.3 Å². The lowest BCUT2D eigenvalue weighted by Crippen LogP contribution is -2.13. The number of anilines is 1. The number of halogens is 2. The summed E-state index contributed by atoms with van der Waals surface area (Å²) in [6.45, 7) is 0. The highest BCUT2D eigenvalue weighted by Crippen LogP contribution is 2.27. The maximum absolute atomic E-state index is 13.2. The Morgan fingerprint density at radius 1 is 1.36 bits per heavy atom. The molecule has 0 saturated carbocycles. The molecule has 0 aliphatic carbocycles. The van der Waals surface area contributed by atoms with Crippen LogP contribution in [0.4, 0.5) is 10.1 Å². The molecule has 0 radical (unpaired) electrons. The lowest BCUT2D eigenvalue weighted by molar-refractivity contribution is -0.112. The summed E-state index contributed by atoms with van der Waals surface area (Å²) in [4.78, 5) is 16.8. The summed E-state index contributed by atoms with van der Waals surface area (Å²) < 4.78 is 18.4. The summed E-state index contributed by atoms with van der Waals surface area (Å²) in [6, 6.07) is 13.0. The van der Waals surface area contributed by atoms with Gasteiger partial charge in [-0.3, -0.25) is 4.79 Å². The zero-order valence-corrected chi connectivity index (χ0v) is 16.1. The Balaban J connectivity index is 1.80. The van der Waals surface area contributed by atoms with Gasteiger partial charge in [0, 0.05) is 16.6 Å². The van der Waals surface area contributed by atoms with Gasteiger partial charge in [-0.05, 0) is 36.4 Å². The van der Waals surface area contributed by atoms with E-state index < -0.39 is 11.7 Å². The van der Waals surface area contributed by atoms with E-state index in [9.17, 15) is 14.4 Å². The van der Waals surface area contributed by atoms with Crippen LogP contribution in [0, 0.1) is 17.1 Å². The van der Waals surface area contributed by atoms with E-state index in [-0.39, 0.29) is 16.3 Å². The molecule has 28 heavy (non-hydrogen) atoms. The molecule has 5 nitrogen and oxygen atoms in total. The molecular weight excluding hydrogens is 401 g/mol. The Morgan fingerprint density at radius 2 is 2.18 bits per heavy atom. The van der Waals surface area contributed by atoms with E-state index >= 15 is 0 Å². The van der Waals surface area contributed by atoms with Crippen molar-refractivity contribution in [1.82, 2.24) is 4.98 Å². The molecular formula is C20H13ClFN3O2S. The number of nitriles is 1. The quantitative estimate of drug-likeness (QED) is 0.463. The highest BCUT2D eigenvalue weighted by atomic mass is 35.5. The molecule has 0 fully saturated rings. The number of carbonyl (C=O) groups excluding carboxylic acids is 1. The second-order valence-corrected chi connectivity index (χ2v) is 6.83. The van der Waals surface area contributed by atoms with E-state index in [1.807, 2.05) is 30.3 Å². The van der Waals surface area contributed by atoms with E-state index in [2.05, 4.69) is 10.3 Å². The molecule has 0 bridgehead atoms. The topological polar surface area (TPSA) is 75.0 Å². The summed E-state index contributed by atoms with van der Waals surface area (Å²) in [5.74, 6) is -0.524. The van der Waals surface area contributed by atoms with Gasteiger partial charge in [0.1, 0.15) is 28.2 Å². The van der Waals surface area contributed by atoms with Gasteiger partial charge in [0.2, 0.25) is 0 Å². The minimum atomic E-state index is -0.638. The van der Waals surface area contributed by atoms with Gasteiger partial charge >= 0.3 is 0 Å². The number of rotatable bonds is 5. The van der Waals surface area contributed by atoms with Crippen LogP contribution in [0.5, 0.6) is 5.75 Å². The predicted octanol–water partition coefficient (Wildman–Crippen LogP) is 5.16. The van der Waals surface area contributed by atoms with Gasteiger partial charge in [-0.15, -0.1) is 11.3 Å². The number of hydrogen-bond acceptors (Lipinski definition) is 5. The number of ether oxygens (including phenoxy) is 1. The Bertz CT molecular complexity index is 1100. The van der Waals surface area contributed by atoms with E-state index in [0.717, 1.165) is 16.6 Å². The summed E-state index contributed by atoms with van der Waals surface area (Å²) >= 11 is 7.08. The molecule has 2 aromatic carbocycles. The third kappa shape index (κ3) is 4.55. The number of nitrogens with zero attached hydrogens (tertiary/aromatic N) is 2. The van der Waals surface area contributed by atoms with Crippen LogP contribution in [-0.2, 0) is 4.79 Å². The van der Waals surface area contributed by atoms with Crippen LogP contribution in [0.25, 0.3) is 16.6 Å². The summed E-state index contributed by atoms with van der Waals surface area (Å²) in [7, 11) is 1.58. The fourth-order valence-corrected chi connectivity index (χ4v) is 3.26. The number of methoxy groups -OCH3 is 1. The second-order valence-electron chi connectivity index (χ2n) is 5.56. The molecule has 0 saturated heterocycles. The van der Waals surface area contributed by atoms with Gasteiger partial charge in [-0.2, -0.15) is 5.26 Å². The summed E-state index contributed by atoms with van der Waals surface area (Å²) in [5, 5.41) is 14.2. The Labute approximate surface area is 169 Å². The van der Waals surface area contributed by atoms with Crippen LogP contribution >= 0.6 is 22.9 Å². The van der Waals surface area contributed by atoms with Gasteiger partial charge in [0.05, 0.1) is 17.8 Å². The maximum Gasteiger partial charge on any atom is 0.266 e. The molecule has 3 rings (SSSR count). The van der Waals surface area contributed by atoms with Crippen molar-refractivity contribution in [3.05, 3.63) is 70.0 Å². The molecule has 0 spiro atoms. The molecule has 0 aliphatic rings. The molecule has 1 heterocycles. The Kier molecular flexibility index (Phi) is 6.04. The lowest BCUT2D eigenvalue weighted by atomic mass is 10.2. The molecule has 1 N–H and O–H groups in total. The van der Waals surface area contributed by atoms with Crippen molar-refractivity contribution in [3.63, 3.8) is 0 Å². The van der Waals surface area contributed by atoms with Crippen molar-refractivity contribution in [2.75, 3.05) is 12.4 Å². The maximum atomic E-state index is 13.2. The van der Waals surface area contributed by atoms with Crippen LogP contribution < -0.4 is 10.1 Å². The summed E-state index contributed by atoms with van der Waals surface area (Å²) in [6.07, 6.45) is 1.39. The average Bonchev–Trinajstić information content (AvgIpc) is 3.17. The predicted molar refractivity (Wildman–Crippen MR) is 108 cm³/mol. The highest BCUT2D eigenvalue weighted by Gasteiger charge is 2.12. The molecule has 0 unspecified atom stereocenters. The van der Waals surface area contributed by atoms with Crippen LogP contribution in [0.2, 0.25) is 5.02 Å². The SMILES string of the molecule is COc1cccc(-c2nc(/C=C(\C#N)C(=O)Nc3ccc(F)c(Cl)c3)cs2)c1. The Morgan fingerprint density at radius 3 is 2.89 bits per heavy atom. The van der Waals surface area contributed by atoms with Gasteiger partial charge in [0.25, 0.3) is 5.91 Å². The summed E-state index contributed by atoms with van der Waals surface area (Å²) in [5.41, 5.74) is 1.50. The number of hydrogen-bond donors (Lipinski definition) is 1. The number of amides is 1. The molecule has 0 atom stereocenters. The smallest absolute Gasteiger partial charge is 0.266 e.